The summed E-state index contributed by atoms with van der Waals surface area (Å²) in [4.78, 5) is 8.73. The molecule has 0 atom stereocenters. The number of aromatic nitrogens is 1. The van der Waals surface area contributed by atoms with Crippen LogP contribution in [-0.4, -0.2) is 37.8 Å². The quantitative estimate of drug-likeness (QED) is 0.659. The number of benzene rings is 2. The van der Waals surface area contributed by atoms with Crippen LogP contribution in [0.1, 0.15) is 11.1 Å². The Kier molecular flexibility index (Phi) is 5.17. The molecule has 0 radical (unpaired) electrons. The molecule has 1 aliphatic heterocycles. The van der Waals surface area contributed by atoms with Crippen LogP contribution in [-0.2, 0) is 0 Å². The summed E-state index contributed by atoms with van der Waals surface area (Å²) in [6.07, 6.45) is 1.54. The van der Waals surface area contributed by atoms with Crippen LogP contribution in [0, 0.1) is 18.3 Å². The SMILES string of the molecule is Cc1cccc(N2CCN(c3c(C#N)cnc4ccc(OC(F)F)cc34)CC2)c1. The van der Waals surface area contributed by atoms with E-state index in [-0.39, 0.29) is 5.75 Å². The molecule has 1 aliphatic rings. The zero-order chi connectivity index (χ0) is 20.4. The molecule has 3 aromatic rings. The van der Waals surface area contributed by atoms with Crippen LogP contribution in [0.3, 0.4) is 0 Å². The van der Waals surface area contributed by atoms with Crippen molar-refractivity contribution in [3.63, 3.8) is 0 Å². The molecule has 1 aromatic heterocycles. The normalized spacial score (nSPS) is 14.3. The lowest BCUT2D eigenvalue weighted by Gasteiger charge is -2.38. The second-order valence-corrected chi connectivity index (χ2v) is 7.00. The van der Waals surface area contributed by atoms with E-state index in [1.807, 2.05) is 6.07 Å². The maximum absolute atomic E-state index is 12.6. The Labute approximate surface area is 167 Å². The van der Waals surface area contributed by atoms with E-state index in [0.29, 0.717) is 29.6 Å². The van der Waals surface area contributed by atoms with Crippen LogP contribution in [0.25, 0.3) is 10.9 Å². The molecule has 0 amide bonds. The Hall–Kier alpha value is -3.40. The van der Waals surface area contributed by atoms with E-state index < -0.39 is 6.61 Å². The van der Waals surface area contributed by atoms with Gasteiger partial charge in [0.05, 0.1) is 16.8 Å². The van der Waals surface area contributed by atoms with Crippen molar-refractivity contribution in [3.05, 3.63) is 59.8 Å². The number of piperazine rings is 1. The number of halogens is 2. The van der Waals surface area contributed by atoms with Gasteiger partial charge in [-0.05, 0) is 42.8 Å². The maximum atomic E-state index is 12.6. The zero-order valence-corrected chi connectivity index (χ0v) is 16.0. The fourth-order valence-electron chi connectivity index (χ4n) is 3.77. The number of pyridine rings is 1. The fourth-order valence-corrected chi connectivity index (χ4v) is 3.77. The summed E-state index contributed by atoms with van der Waals surface area (Å²) in [6, 6.07) is 15.2. The van der Waals surface area contributed by atoms with Gasteiger partial charge < -0.3 is 14.5 Å². The molecule has 1 fully saturated rings. The molecule has 5 nitrogen and oxygen atoms in total. The van der Waals surface area contributed by atoms with Crippen LogP contribution < -0.4 is 14.5 Å². The molecule has 0 saturated carbocycles. The van der Waals surface area contributed by atoms with E-state index >= 15 is 0 Å². The first-order valence-corrected chi connectivity index (χ1v) is 9.39. The smallest absolute Gasteiger partial charge is 0.387 e. The largest absolute Gasteiger partial charge is 0.435 e. The number of fused-ring (bicyclic) bond motifs is 1. The lowest BCUT2D eigenvalue weighted by atomic mass is 10.1. The lowest BCUT2D eigenvalue weighted by Crippen LogP contribution is -2.46. The van der Waals surface area contributed by atoms with Gasteiger partial charge in [0.1, 0.15) is 11.8 Å². The van der Waals surface area contributed by atoms with Crippen molar-refractivity contribution in [2.75, 3.05) is 36.0 Å². The van der Waals surface area contributed by atoms with Crippen molar-refractivity contribution in [3.8, 4) is 11.8 Å². The lowest BCUT2D eigenvalue weighted by molar-refractivity contribution is -0.0497. The molecule has 0 spiro atoms. The standard InChI is InChI=1S/C22H20F2N4O/c1-15-3-2-4-17(11-15)27-7-9-28(10-8-27)21-16(13-25)14-26-20-6-5-18(12-19(20)21)29-22(23)24/h2-6,11-12,14,22H,7-10H2,1H3. The van der Waals surface area contributed by atoms with Gasteiger partial charge in [-0.3, -0.25) is 4.98 Å². The van der Waals surface area contributed by atoms with Crippen molar-refractivity contribution >= 4 is 22.3 Å². The summed E-state index contributed by atoms with van der Waals surface area (Å²) >= 11 is 0. The molecule has 0 unspecified atom stereocenters. The first-order valence-electron chi connectivity index (χ1n) is 9.39. The van der Waals surface area contributed by atoms with E-state index in [1.54, 1.807) is 6.07 Å². The summed E-state index contributed by atoms with van der Waals surface area (Å²) in [5.74, 6) is 0.0593. The average Bonchev–Trinajstić information content (AvgIpc) is 2.72. The molecule has 7 heteroatoms. The monoisotopic (exact) mass is 394 g/mol. The Balaban J connectivity index is 1.65. The number of alkyl halides is 2. The highest BCUT2D eigenvalue weighted by molar-refractivity contribution is 5.95. The van der Waals surface area contributed by atoms with Crippen LogP contribution in [0.15, 0.2) is 48.7 Å². The molecular weight excluding hydrogens is 374 g/mol. The Morgan fingerprint density at radius 1 is 1.07 bits per heavy atom. The number of ether oxygens (including phenoxy) is 1. The second-order valence-electron chi connectivity index (χ2n) is 7.00. The molecule has 0 bridgehead atoms. The number of nitrogens with zero attached hydrogens (tertiary/aromatic N) is 4. The van der Waals surface area contributed by atoms with Gasteiger partial charge in [-0.25, -0.2) is 0 Å². The fraction of sp³-hybridized carbons (Fsp3) is 0.273. The van der Waals surface area contributed by atoms with Crippen molar-refractivity contribution in [1.82, 2.24) is 4.98 Å². The van der Waals surface area contributed by atoms with Crippen LogP contribution in [0.4, 0.5) is 20.2 Å². The Bertz CT molecular complexity index is 1070. The highest BCUT2D eigenvalue weighted by atomic mass is 19.3. The van der Waals surface area contributed by atoms with E-state index in [0.717, 1.165) is 18.8 Å². The third-order valence-electron chi connectivity index (χ3n) is 5.12. The minimum atomic E-state index is -2.90. The Morgan fingerprint density at radius 3 is 2.52 bits per heavy atom. The number of anilines is 2. The van der Waals surface area contributed by atoms with E-state index in [9.17, 15) is 14.0 Å². The molecule has 0 N–H and O–H groups in total. The molecule has 148 valence electrons. The van der Waals surface area contributed by atoms with Crippen LogP contribution in [0.5, 0.6) is 5.75 Å². The average molecular weight is 394 g/mol. The highest BCUT2D eigenvalue weighted by Gasteiger charge is 2.22. The number of hydrogen-bond acceptors (Lipinski definition) is 5. The summed E-state index contributed by atoms with van der Waals surface area (Å²) in [6.45, 7) is 2.18. The van der Waals surface area contributed by atoms with Crippen molar-refractivity contribution < 1.29 is 13.5 Å². The van der Waals surface area contributed by atoms with Gasteiger partial charge in [-0.1, -0.05) is 12.1 Å². The van der Waals surface area contributed by atoms with Gasteiger partial charge in [0, 0.05) is 43.4 Å². The number of rotatable bonds is 4. The molecule has 2 aromatic carbocycles. The van der Waals surface area contributed by atoms with Crippen molar-refractivity contribution in [2.45, 2.75) is 13.5 Å². The third kappa shape index (κ3) is 3.92. The molecule has 0 aliphatic carbocycles. The number of aryl methyl sites for hydroxylation is 1. The van der Waals surface area contributed by atoms with Crippen molar-refractivity contribution in [1.29, 1.82) is 5.26 Å². The number of nitriles is 1. The molecule has 4 rings (SSSR count). The number of hydrogen-bond donors (Lipinski definition) is 0. The van der Waals surface area contributed by atoms with Crippen molar-refractivity contribution in [2.24, 2.45) is 0 Å². The van der Waals surface area contributed by atoms with Gasteiger partial charge in [-0.15, -0.1) is 0 Å². The summed E-state index contributed by atoms with van der Waals surface area (Å²) < 4.78 is 29.8. The van der Waals surface area contributed by atoms with Crippen LogP contribution in [0.2, 0.25) is 0 Å². The van der Waals surface area contributed by atoms with Gasteiger partial charge in [0.25, 0.3) is 0 Å². The van der Waals surface area contributed by atoms with E-state index in [4.69, 9.17) is 0 Å². The van der Waals surface area contributed by atoms with E-state index in [1.165, 1.54) is 29.6 Å². The van der Waals surface area contributed by atoms with E-state index in [2.05, 4.69) is 50.7 Å². The predicted octanol–water partition coefficient (Wildman–Crippen LogP) is 4.34. The predicted molar refractivity (Wildman–Crippen MR) is 109 cm³/mol. The highest BCUT2D eigenvalue weighted by Crippen LogP contribution is 2.33. The first-order chi connectivity index (χ1) is 14.0. The van der Waals surface area contributed by atoms with Gasteiger partial charge >= 0.3 is 6.61 Å². The zero-order valence-electron chi connectivity index (χ0n) is 16.0. The summed E-state index contributed by atoms with van der Waals surface area (Å²) in [7, 11) is 0. The molecule has 1 saturated heterocycles. The molecule has 2 heterocycles. The topological polar surface area (TPSA) is 52.4 Å². The minimum Gasteiger partial charge on any atom is -0.435 e. The second kappa shape index (κ2) is 7.92. The van der Waals surface area contributed by atoms with Crippen LogP contribution >= 0.6 is 0 Å². The maximum Gasteiger partial charge on any atom is 0.387 e. The van der Waals surface area contributed by atoms with Gasteiger partial charge in [-0.2, -0.15) is 14.0 Å². The first kappa shape index (κ1) is 18.9. The van der Waals surface area contributed by atoms with Gasteiger partial charge in [0.15, 0.2) is 0 Å². The third-order valence-corrected chi connectivity index (χ3v) is 5.12. The summed E-state index contributed by atoms with van der Waals surface area (Å²) in [5.41, 5.74) is 4.18. The summed E-state index contributed by atoms with van der Waals surface area (Å²) in [5, 5.41) is 10.3. The minimum absolute atomic E-state index is 0.0593. The van der Waals surface area contributed by atoms with Gasteiger partial charge in [0.2, 0.25) is 0 Å². The molecule has 29 heavy (non-hydrogen) atoms. The Morgan fingerprint density at radius 2 is 1.83 bits per heavy atom. The molecular formula is C22H20F2N4O.